The number of carbonyl (C=O) groups is 1. The van der Waals surface area contributed by atoms with E-state index in [1.165, 1.54) is 17.0 Å². The molecule has 1 aliphatic rings. The summed E-state index contributed by atoms with van der Waals surface area (Å²) in [5.74, 6) is -0.704. The maximum Gasteiger partial charge on any atom is 0.270 e. The van der Waals surface area contributed by atoms with Crippen LogP contribution in [0, 0.1) is 10.1 Å². The average molecular weight is 319 g/mol. The van der Waals surface area contributed by atoms with E-state index in [2.05, 4.69) is 0 Å². The number of halogens is 1. The van der Waals surface area contributed by atoms with Crippen molar-refractivity contribution in [2.75, 3.05) is 24.6 Å². The van der Waals surface area contributed by atoms with E-state index in [0.29, 0.717) is 0 Å². The zero-order valence-corrected chi connectivity index (χ0v) is 11.9. The summed E-state index contributed by atoms with van der Waals surface area (Å²) in [7, 11) is -3.10. The number of hydrogen-bond donors (Lipinski definition) is 0. The Morgan fingerprint density at radius 1 is 1.30 bits per heavy atom. The second-order valence-corrected chi connectivity index (χ2v) is 7.08. The number of nitrogens with zero attached hydrogens (tertiary/aromatic N) is 2. The zero-order valence-electron chi connectivity index (χ0n) is 10.3. The van der Waals surface area contributed by atoms with Crippen LogP contribution in [0.4, 0.5) is 5.69 Å². The molecule has 0 radical (unpaired) electrons. The van der Waals surface area contributed by atoms with Gasteiger partial charge in [-0.05, 0) is 6.07 Å². The van der Waals surface area contributed by atoms with E-state index >= 15 is 0 Å². The number of nitro groups is 1. The van der Waals surface area contributed by atoms with Crippen molar-refractivity contribution in [2.45, 2.75) is 0 Å². The van der Waals surface area contributed by atoms with Gasteiger partial charge in [0.05, 0.1) is 27.0 Å². The summed E-state index contributed by atoms with van der Waals surface area (Å²) in [4.78, 5) is 23.7. The number of rotatable bonds is 2. The van der Waals surface area contributed by atoms with Crippen LogP contribution in [0.2, 0.25) is 5.02 Å². The van der Waals surface area contributed by atoms with Crippen molar-refractivity contribution in [1.82, 2.24) is 4.90 Å². The maximum absolute atomic E-state index is 12.2. The molecule has 0 atom stereocenters. The zero-order chi connectivity index (χ0) is 14.9. The molecule has 7 nitrogen and oxygen atoms in total. The van der Waals surface area contributed by atoms with Crippen LogP contribution in [-0.4, -0.2) is 48.7 Å². The molecule has 1 aliphatic heterocycles. The standard InChI is InChI=1S/C11H11ClN2O5S/c12-10-2-1-8(14(16)17)7-9(10)11(15)13-3-5-20(18,19)6-4-13/h1-2,7H,3-6H2. The van der Waals surface area contributed by atoms with Gasteiger partial charge in [0.15, 0.2) is 9.84 Å². The molecule has 1 fully saturated rings. The summed E-state index contributed by atoms with van der Waals surface area (Å²) in [6.07, 6.45) is 0. The van der Waals surface area contributed by atoms with Crippen molar-refractivity contribution in [1.29, 1.82) is 0 Å². The Morgan fingerprint density at radius 2 is 1.90 bits per heavy atom. The van der Waals surface area contributed by atoms with Crippen LogP contribution in [0.3, 0.4) is 0 Å². The van der Waals surface area contributed by atoms with Crippen molar-refractivity contribution in [2.24, 2.45) is 0 Å². The summed E-state index contributed by atoms with van der Waals surface area (Å²) in [6, 6.07) is 3.60. The van der Waals surface area contributed by atoms with E-state index in [0.717, 1.165) is 6.07 Å². The van der Waals surface area contributed by atoms with Gasteiger partial charge >= 0.3 is 0 Å². The highest BCUT2D eigenvalue weighted by Crippen LogP contribution is 2.24. The lowest BCUT2D eigenvalue weighted by Crippen LogP contribution is -2.43. The molecule has 1 saturated heterocycles. The van der Waals surface area contributed by atoms with Crippen molar-refractivity contribution in [3.63, 3.8) is 0 Å². The summed E-state index contributed by atoms with van der Waals surface area (Å²) in [5.41, 5.74) is -0.220. The van der Waals surface area contributed by atoms with Gasteiger partial charge in [-0.25, -0.2) is 8.42 Å². The van der Waals surface area contributed by atoms with Crippen molar-refractivity contribution >= 4 is 33.0 Å². The number of non-ortho nitro benzene ring substituents is 1. The minimum absolute atomic E-state index is 0.0140. The highest BCUT2D eigenvalue weighted by Gasteiger charge is 2.27. The molecule has 1 amide bonds. The van der Waals surface area contributed by atoms with Gasteiger partial charge in [-0.3, -0.25) is 14.9 Å². The molecule has 108 valence electrons. The van der Waals surface area contributed by atoms with E-state index in [1.807, 2.05) is 0 Å². The molecule has 1 aromatic carbocycles. The van der Waals surface area contributed by atoms with Gasteiger partial charge in [0, 0.05) is 25.2 Å². The fourth-order valence-corrected chi connectivity index (χ4v) is 3.28. The van der Waals surface area contributed by atoms with Crippen LogP contribution in [0.15, 0.2) is 18.2 Å². The minimum atomic E-state index is -3.10. The Balaban J connectivity index is 2.25. The summed E-state index contributed by atoms with van der Waals surface area (Å²) < 4.78 is 22.6. The molecular formula is C11H11ClN2O5S. The number of amides is 1. The second-order valence-electron chi connectivity index (χ2n) is 4.37. The fourth-order valence-electron chi connectivity index (χ4n) is 1.88. The predicted molar refractivity (Wildman–Crippen MR) is 72.7 cm³/mol. The van der Waals surface area contributed by atoms with Crippen molar-refractivity contribution in [3.05, 3.63) is 38.9 Å². The number of carbonyl (C=O) groups excluding carboxylic acids is 1. The van der Waals surface area contributed by atoms with Gasteiger partial charge in [0.25, 0.3) is 11.6 Å². The molecule has 0 bridgehead atoms. The summed E-state index contributed by atoms with van der Waals surface area (Å²) in [6.45, 7) is 0.139. The monoisotopic (exact) mass is 318 g/mol. The molecule has 1 heterocycles. The number of hydrogen-bond acceptors (Lipinski definition) is 5. The van der Waals surface area contributed by atoms with E-state index in [1.54, 1.807) is 0 Å². The highest BCUT2D eigenvalue weighted by atomic mass is 35.5. The smallest absolute Gasteiger partial charge is 0.270 e. The van der Waals surface area contributed by atoms with Gasteiger partial charge in [0.2, 0.25) is 0 Å². The van der Waals surface area contributed by atoms with E-state index in [-0.39, 0.29) is 40.9 Å². The first-order valence-electron chi connectivity index (χ1n) is 5.74. The molecule has 1 aromatic rings. The van der Waals surface area contributed by atoms with Gasteiger partial charge in [-0.2, -0.15) is 0 Å². The molecular weight excluding hydrogens is 308 g/mol. The summed E-state index contributed by atoms with van der Waals surface area (Å²) >= 11 is 5.88. The maximum atomic E-state index is 12.2. The fraction of sp³-hybridized carbons (Fsp3) is 0.364. The molecule has 0 unspecified atom stereocenters. The van der Waals surface area contributed by atoms with Crippen molar-refractivity contribution in [3.8, 4) is 0 Å². The highest BCUT2D eigenvalue weighted by molar-refractivity contribution is 7.91. The Kier molecular flexibility index (Phi) is 3.96. The van der Waals surface area contributed by atoms with Gasteiger partial charge in [-0.1, -0.05) is 11.6 Å². The van der Waals surface area contributed by atoms with E-state index in [4.69, 9.17) is 11.6 Å². The Bertz CT molecular complexity index is 659. The quantitative estimate of drug-likeness (QED) is 0.601. The first-order chi connectivity index (χ1) is 9.30. The third kappa shape index (κ3) is 3.07. The largest absolute Gasteiger partial charge is 0.337 e. The first kappa shape index (κ1) is 14.7. The van der Waals surface area contributed by atoms with E-state index < -0.39 is 20.7 Å². The normalized spacial score (nSPS) is 17.8. The molecule has 20 heavy (non-hydrogen) atoms. The molecule has 0 saturated carbocycles. The molecule has 0 spiro atoms. The van der Waals surface area contributed by atoms with Gasteiger partial charge in [0.1, 0.15) is 0 Å². The van der Waals surface area contributed by atoms with Crippen LogP contribution < -0.4 is 0 Å². The molecule has 0 aliphatic carbocycles. The predicted octanol–water partition coefficient (Wildman–Crippen LogP) is 1.12. The number of benzene rings is 1. The third-order valence-corrected chi connectivity index (χ3v) is 4.96. The Hall–Kier alpha value is -1.67. The van der Waals surface area contributed by atoms with Gasteiger partial charge in [-0.15, -0.1) is 0 Å². The number of sulfone groups is 1. The van der Waals surface area contributed by atoms with Crippen LogP contribution in [-0.2, 0) is 9.84 Å². The molecule has 9 heteroatoms. The second kappa shape index (κ2) is 5.37. The van der Waals surface area contributed by atoms with Crippen LogP contribution in [0.25, 0.3) is 0 Å². The third-order valence-electron chi connectivity index (χ3n) is 3.02. The summed E-state index contributed by atoms with van der Waals surface area (Å²) in [5, 5.41) is 10.8. The SMILES string of the molecule is O=C(c1cc([N+](=O)[O-])ccc1Cl)N1CCS(=O)(=O)CC1. The molecule has 0 N–H and O–H groups in total. The minimum Gasteiger partial charge on any atom is -0.337 e. The first-order valence-corrected chi connectivity index (χ1v) is 7.94. The van der Waals surface area contributed by atoms with E-state index in [9.17, 15) is 23.3 Å². The van der Waals surface area contributed by atoms with Crippen LogP contribution >= 0.6 is 11.6 Å². The Labute approximate surface area is 120 Å². The lowest BCUT2D eigenvalue weighted by molar-refractivity contribution is -0.384. The lowest BCUT2D eigenvalue weighted by atomic mass is 10.1. The Morgan fingerprint density at radius 3 is 2.45 bits per heavy atom. The lowest BCUT2D eigenvalue weighted by Gasteiger charge is -2.27. The van der Waals surface area contributed by atoms with Gasteiger partial charge < -0.3 is 4.90 Å². The molecule has 0 aromatic heterocycles. The molecule has 2 rings (SSSR count). The van der Waals surface area contributed by atoms with Crippen LogP contribution in [0.1, 0.15) is 10.4 Å². The van der Waals surface area contributed by atoms with Crippen LogP contribution in [0.5, 0.6) is 0 Å². The number of nitro benzene ring substituents is 1. The van der Waals surface area contributed by atoms with Crippen molar-refractivity contribution < 1.29 is 18.1 Å². The average Bonchev–Trinajstić information content (AvgIpc) is 2.38. The topological polar surface area (TPSA) is 97.6 Å².